The van der Waals surface area contributed by atoms with Gasteiger partial charge in [-0.3, -0.25) is 19.7 Å². The van der Waals surface area contributed by atoms with Gasteiger partial charge in [0.15, 0.2) is 0 Å². The number of nitrogens with one attached hydrogen (secondary N) is 1. The van der Waals surface area contributed by atoms with Crippen molar-refractivity contribution in [3.63, 3.8) is 0 Å². The maximum atomic E-state index is 12.9. The highest BCUT2D eigenvalue weighted by atomic mass is 35.5. The lowest BCUT2D eigenvalue weighted by molar-refractivity contribution is -0.136. The van der Waals surface area contributed by atoms with Crippen molar-refractivity contribution in [2.75, 3.05) is 0 Å². The number of benzene rings is 1. The van der Waals surface area contributed by atoms with E-state index in [1.54, 1.807) is 17.3 Å². The van der Waals surface area contributed by atoms with Gasteiger partial charge >= 0.3 is 0 Å². The molecule has 0 aliphatic carbocycles. The van der Waals surface area contributed by atoms with Crippen molar-refractivity contribution >= 4 is 40.7 Å². The van der Waals surface area contributed by atoms with E-state index in [1.807, 2.05) is 35.2 Å². The zero-order valence-electron chi connectivity index (χ0n) is 16.0. The predicted octanol–water partition coefficient (Wildman–Crippen LogP) is 3.23. The number of hydrogen-bond donors (Lipinski definition) is 1. The molecule has 0 radical (unpaired) electrons. The average molecular weight is 441 g/mol. The lowest BCUT2D eigenvalue weighted by Crippen LogP contribution is -2.52. The van der Waals surface area contributed by atoms with E-state index < -0.39 is 11.9 Å². The lowest BCUT2D eigenvalue weighted by atomic mass is 10.0. The molecule has 3 aromatic rings. The van der Waals surface area contributed by atoms with E-state index in [0.717, 1.165) is 28.1 Å². The van der Waals surface area contributed by atoms with Gasteiger partial charge in [-0.15, -0.1) is 11.3 Å². The molecule has 0 spiro atoms. The Kier molecular flexibility index (Phi) is 4.48. The molecule has 1 atom stereocenters. The van der Waals surface area contributed by atoms with E-state index in [4.69, 9.17) is 11.6 Å². The number of piperidine rings is 1. The fourth-order valence-electron chi connectivity index (χ4n) is 4.14. The molecular formula is C21H17ClN4O3S. The molecule has 1 unspecified atom stereocenters. The number of amides is 3. The maximum Gasteiger partial charge on any atom is 0.255 e. The molecule has 3 amide bonds. The third kappa shape index (κ3) is 2.95. The van der Waals surface area contributed by atoms with Crippen LogP contribution in [0.25, 0.3) is 22.5 Å². The van der Waals surface area contributed by atoms with Gasteiger partial charge in [0.2, 0.25) is 11.8 Å². The van der Waals surface area contributed by atoms with Crippen LogP contribution in [-0.2, 0) is 23.2 Å². The van der Waals surface area contributed by atoms with Crippen LogP contribution in [-0.4, -0.2) is 38.2 Å². The molecule has 0 saturated carbocycles. The minimum absolute atomic E-state index is 0.187. The summed E-state index contributed by atoms with van der Waals surface area (Å²) in [5, 5.41) is 4.26. The highest BCUT2D eigenvalue weighted by molar-refractivity contribution is 7.15. The average Bonchev–Trinajstić information content (AvgIpc) is 3.39. The molecule has 1 fully saturated rings. The van der Waals surface area contributed by atoms with Crippen LogP contribution in [0.15, 0.2) is 36.0 Å². The molecule has 7 nitrogen and oxygen atoms in total. The van der Waals surface area contributed by atoms with E-state index in [1.165, 1.54) is 11.3 Å². The van der Waals surface area contributed by atoms with Crippen molar-refractivity contribution in [1.82, 2.24) is 19.8 Å². The Morgan fingerprint density at radius 3 is 2.77 bits per heavy atom. The van der Waals surface area contributed by atoms with Gasteiger partial charge in [-0.2, -0.15) is 0 Å². The molecule has 2 aliphatic rings. The molecule has 1 aromatic carbocycles. The number of carbonyl (C=O) groups is 3. The number of imidazole rings is 1. The van der Waals surface area contributed by atoms with E-state index in [9.17, 15) is 14.4 Å². The van der Waals surface area contributed by atoms with Gasteiger partial charge in [-0.05, 0) is 35.6 Å². The molecule has 1 saturated heterocycles. The summed E-state index contributed by atoms with van der Waals surface area (Å²) >= 11 is 7.83. The number of rotatable bonds is 3. The van der Waals surface area contributed by atoms with Gasteiger partial charge in [0, 0.05) is 36.7 Å². The third-order valence-corrected chi connectivity index (χ3v) is 6.78. The summed E-state index contributed by atoms with van der Waals surface area (Å²) in [5.74, 6) is -0.891. The van der Waals surface area contributed by atoms with Gasteiger partial charge in [-0.1, -0.05) is 17.7 Å². The molecule has 2 aromatic heterocycles. The summed E-state index contributed by atoms with van der Waals surface area (Å²) in [4.78, 5) is 42.7. The zero-order chi connectivity index (χ0) is 21.0. The van der Waals surface area contributed by atoms with Crippen molar-refractivity contribution in [2.24, 2.45) is 7.05 Å². The maximum absolute atomic E-state index is 12.9. The van der Waals surface area contributed by atoms with Crippen LogP contribution >= 0.6 is 22.9 Å². The standard InChI is InChI=1S/C21H17ClN4O3S/c1-25-10-23-17(18(25)14-6-7-30-19(14)22)11-2-3-13-12(8-11)9-26(21(13)29)15-4-5-16(27)24-20(15)28/h2-3,6-8,10,15H,4-5,9H2,1H3,(H,24,27,28). The number of aryl methyl sites for hydroxylation is 1. The fraction of sp³-hybridized carbons (Fsp3) is 0.238. The Morgan fingerprint density at radius 2 is 2.03 bits per heavy atom. The summed E-state index contributed by atoms with van der Waals surface area (Å²) in [6.07, 6.45) is 2.32. The second-order valence-electron chi connectivity index (χ2n) is 7.43. The third-order valence-electron chi connectivity index (χ3n) is 5.61. The molecule has 0 bridgehead atoms. The van der Waals surface area contributed by atoms with Crippen LogP contribution in [0.4, 0.5) is 0 Å². The second-order valence-corrected chi connectivity index (χ2v) is 8.95. The Bertz CT molecular complexity index is 1210. The number of imide groups is 1. The Hall–Kier alpha value is -2.97. The molecule has 4 heterocycles. The van der Waals surface area contributed by atoms with Crippen molar-refractivity contribution < 1.29 is 14.4 Å². The van der Waals surface area contributed by atoms with E-state index in [0.29, 0.717) is 22.9 Å². The topological polar surface area (TPSA) is 84.3 Å². The Labute approximate surface area is 181 Å². The Morgan fingerprint density at radius 1 is 1.20 bits per heavy atom. The van der Waals surface area contributed by atoms with E-state index in [2.05, 4.69) is 10.3 Å². The van der Waals surface area contributed by atoms with Gasteiger partial charge in [-0.25, -0.2) is 4.98 Å². The quantitative estimate of drug-likeness (QED) is 0.634. The van der Waals surface area contributed by atoms with Crippen LogP contribution in [0.1, 0.15) is 28.8 Å². The van der Waals surface area contributed by atoms with Gasteiger partial charge in [0.1, 0.15) is 10.4 Å². The monoisotopic (exact) mass is 440 g/mol. The van der Waals surface area contributed by atoms with Crippen molar-refractivity contribution in [2.45, 2.75) is 25.4 Å². The largest absolute Gasteiger partial charge is 0.333 e. The van der Waals surface area contributed by atoms with Gasteiger partial charge in [0.05, 0.1) is 17.7 Å². The smallest absolute Gasteiger partial charge is 0.255 e. The first-order chi connectivity index (χ1) is 14.4. The minimum Gasteiger partial charge on any atom is -0.333 e. The van der Waals surface area contributed by atoms with Crippen molar-refractivity contribution in [3.8, 4) is 22.5 Å². The normalized spacial score (nSPS) is 18.7. The first kappa shape index (κ1) is 19.0. The van der Waals surface area contributed by atoms with Gasteiger partial charge < -0.3 is 9.47 Å². The van der Waals surface area contributed by atoms with Crippen LogP contribution in [0.2, 0.25) is 4.34 Å². The van der Waals surface area contributed by atoms with Gasteiger partial charge in [0.25, 0.3) is 5.91 Å². The van der Waals surface area contributed by atoms with Crippen molar-refractivity contribution in [1.29, 1.82) is 0 Å². The predicted molar refractivity (Wildman–Crippen MR) is 113 cm³/mol. The zero-order valence-corrected chi connectivity index (χ0v) is 17.6. The van der Waals surface area contributed by atoms with Crippen molar-refractivity contribution in [3.05, 3.63) is 51.4 Å². The van der Waals surface area contributed by atoms with Crippen LogP contribution in [0.3, 0.4) is 0 Å². The molecule has 5 rings (SSSR count). The molecule has 1 N–H and O–H groups in total. The highest BCUT2D eigenvalue weighted by Gasteiger charge is 2.39. The minimum atomic E-state index is -0.624. The first-order valence-electron chi connectivity index (χ1n) is 9.46. The number of halogens is 1. The number of hydrogen-bond acceptors (Lipinski definition) is 5. The van der Waals surface area contributed by atoms with Crippen LogP contribution in [0, 0.1) is 0 Å². The lowest BCUT2D eigenvalue weighted by Gasteiger charge is -2.29. The SMILES string of the molecule is Cn1cnc(-c2ccc3c(c2)CN(C2CCC(=O)NC2=O)C3=O)c1-c1ccsc1Cl. The van der Waals surface area contributed by atoms with Crippen LogP contribution in [0.5, 0.6) is 0 Å². The summed E-state index contributed by atoms with van der Waals surface area (Å²) in [6, 6.07) is 6.95. The fourth-order valence-corrected chi connectivity index (χ4v) is 5.07. The molecule has 30 heavy (non-hydrogen) atoms. The number of nitrogens with zero attached hydrogens (tertiary/aromatic N) is 3. The molecular weight excluding hydrogens is 424 g/mol. The highest BCUT2D eigenvalue weighted by Crippen LogP contribution is 2.39. The summed E-state index contributed by atoms with van der Waals surface area (Å²) in [6.45, 7) is 0.329. The summed E-state index contributed by atoms with van der Waals surface area (Å²) in [7, 11) is 1.92. The van der Waals surface area contributed by atoms with E-state index in [-0.39, 0.29) is 18.2 Å². The molecule has 9 heteroatoms. The van der Waals surface area contributed by atoms with E-state index >= 15 is 0 Å². The Balaban J connectivity index is 1.50. The summed E-state index contributed by atoms with van der Waals surface area (Å²) < 4.78 is 2.62. The number of thiophene rings is 1. The van der Waals surface area contributed by atoms with Crippen LogP contribution < -0.4 is 5.32 Å². The molecule has 152 valence electrons. The first-order valence-corrected chi connectivity index (χ1v) is 10.7. The molecule has 2 aliphatic heterocycles. The number of carbonyl (C=O) groups excluding carboxylic acids is 3. The second kappa shape index (κ2) is 7.07. The summed E-state index contributed by atoms with van der Waals surface area (Å²) in [5.41, 5.74) is 4.91. The number of aromatic nitrogens is 2. The number of fused-ring (bicyclic) bond motifs is 1.